The van der Waals surface area contributed by atoms with Crippen LogP contribution in [-0.4, -0.2) is 21.1 Å². The highest BCUT2D eigenvalue weighted by Gasteiger charge is 2.15. The van der Waals surface area contributed by atoms with E-state index in [0.29, 0.717) is 17.5 Å². The zero-order valence-electron chi connectivity index (χ0n) is 10.4. The van der Waals surface area contributed by atoms with Gasteiger partial charge in [-0.15, -0.1) is 10.2 Å². The second-order valence-electron chi connectivity index (χ2n) is 4.34. The van der Waals surface area contributed by atoms with Crippen molar-refractivity contribution in [2.24, 2.45) is 0 Å². The van der Waals surface area contributed by atoms with E-state index < -0.39 is 0 Å². The van der Waals surface area contributed by atoms with Gasteiger partial charge in [0, 0.05) is 26.2 Å². The van der Waals surface area contributed by atoms with Gasteiger partial charge in [0.15, 0.2) is 0 Å². The number of hydrogen-bond donors (Lipinski definition) is 2. The van der Waals surface area contributed by atoms with Gasteiger partial charge in [-0.25, -0.2) is 0 Å². The fourth-order valence-corrected chi connectivity index (χ4v) is 1.96. The third-order valence-electron chi connectivity index (χ3n) is 2.91. The number of carbonyl (C=O) groups is 1. The highest BCUT2D eigenvalue weighted by atomic mass is 16.4. The topological polar surface area (TPSA) is 92.9 Å². The van der Waals surface area contributed by atoms with Gasteiger partial charge >= 0.3 is 0 Å². The Morgan fingerprint density at radius 2 is 2.26 bits per heavy atom. The molecule has 0 saturated carbocycles. The summed E-state index contributed by atoms with van der Waals surface area (Å²) < 4.78 is 5.18. The molecule has 0 spiro atoms. The molecule has 2 aromatic rings. The third kappa shape index (κ3) is 2.45. The Kier molecular flexibility index (Phi) is 2.96. The Morgan fingerprint density at radius 3 is 3.05 bits per heavy atom. The number of carbonyl (C=O) groups excluding carboxylic acids is 1. The standard InChI is InChI=1S/C12H13N5O2/c1-7-16-17-11(19-7)6-15-12(18)10-2-8-3-13-4-9(8)5-14-10/h2,5,13H,3-4,6H2,1H3,(H,15,18). The summed E-state index contributed by atoms with van der Waals surface area (Å²) in [5.41, 5.74) is 2.66. The smallest absolute Gasteiger partial charge is 0.270 e. The van der Waals surface area contributed by atoms with Crippen LogP contribution in [-0.2, 0) is 19.6 Å². The molecule has 98 valence electrons. The van der Waals surface area contributed by atoms with E-state index in [-0.39, 0.29) is 12.5 Å². The summed E-state index contributed by atoms with van der Waals surface area (Å²) in [6.45, 7) is 3.50. The third-order valence-corrected chi connectivity index (χ3v) is 2.91. The summed E-state index contributed by atoms with van der Waals surface area (Å²) in [5.74, 6) is 0.616. The monoisotopic (exact) mass is 259 g/mol. The predicted molar refractivity (Wildman–Crippen MR) is 65.0 cm³/mol. The molecular formula is C12H13N5O2. The van der Waals surface area contributed by atoms with Gasteiger partial charge in [0.1, 0.15) is 5.69 Å². The molecule has 1 amide bonds. The Balaban J connectivity index is 1.67. The van der Waals surface area contributed by atoms with Crippen molar-refractivity contribution >= 4 is 5.91 Å². The van der Waals surface area contributed by atoms with Crippen molar-refractivity contribution in [2.45, 2.75) is 26.6 Å². The molecule has 7 nitrogen and oxygen atoms in total. The van der Waals surface area contributed by atoms with Crippen LogP contribution in [0.3, 0.4) is 0 Å². The second-order valence-corrected chi connectivity index (χ2v) is 4.34. The lowest BCUT2D eigenvalue weighted by Gasteiger charge is -2.03. The number of nitrogens with one attached hydrogen (secondary N) is 2. The fraction of sp³-hybridized carbons (Fsp3) is 0.333. The van der Waals surface area contributed by atoms with E-state index in [1.807, 2.05) is 6.07 Å². The highest BCUT2D eigenvalue weighted by molar-refractivity contribution is 5.92. The molecule has 0 atom stereocenters. The normalized spacial score (nSPS) is 13.3. The van der Waals surface area contributed by atoms with Gasteiger partial charge in [0.25, 0.3) is 5.91 Å². The van der Waals surface area contributed by atoms with Crippen LogP contribution in [0, 0.1) is 6.92 Å². The summed E-state index contributed by atoms with van der Waals surface area (Å²) >= 11 is 0. The molecule has 19 heavy (non-hydrogen) atoms. The molecule has 0 unspecified atom stereocenters. The molecule has 0 saturated heterocycles. The average Bonchev–Trinajstić information content (AvgIpc) is 3.03. The maximum absolute atomic E-state index is 11.9. The maximum atomic E-state index is 11.9. The van der Waals surface area contributed by atoms with Crippen LogP contribution in [0.25, 0.3) is 0 Å². The minimum Gasteiger partial charge on any atom is -0.424 e. The Morgan fingerprint density at radius 1 is 1.42 bits per heavy atom. The van der Waals surface area contributed by atoms with Gasteiger partial charge in [0.2, 0.25) is 11.8 Å². The van der Waals surface area contributed by atoms with E-state index in [2.05, 4.69) is 25.8 Å². The first-order valence-corrected chi connectivity index (χ1v) is 5.98. The molecular weight excluding hydrogens is 246 g/mol. The van der Waals surface area contributed by atoms with E-state index in [4.69, 9.17) is 4.42 Å². The van der Waals surface area contributed by atoms with Crippen LogP contribution in [0.2, 0.25) is 0 Å². The van der Waals surface area contributed by atoms with Crippen molar-refractivity contribution in [1.82, 2.24) is 25.8 Å². The summed E-state index contributed by atoms with van der Waals surface area (Å²) in [4.78, 5) is 16.1. The minimum atomic E-state index is -0.245. The van der Waals surface area contributed by atoms with Crippen molar-refractivity contribution < 1.29 is 9.21 Å². The van der Waals surface area contributed by atoms with Crippen LogP contribution in [0.1, 0.15) is 33.4 Å². The lowest BCUT2D eigenvalue weighted by molar-refractivity contribution is 0.0942. The van der Waals surface area contributed by atoms with E-state index in [0.717, 1.165) is 24.2 Å². The molecule has 2 N–H and O–H groups in total. The largest absolute Gasteiger partial charge is 0.424 e. The molecule has 2 aromatic heterocycles. The lowest BCUT2D eigenvalue weighted by atomic mass is 10.1. The van der Waals surface area contributed by atoms with Gasteiger partial charge in [-0.05, 0) is 17.2 Å². The molecule has 7 heteroatoms. The fourth-order valence-electron chi connectivity index (χ4n) is 1.96. The first-order chi connectivity index (χ1) is 9.22. The minimum absolute atomic E-state index is 0.205. The molecule has 0 aromatic carbocycles. The summed E-state index contributed by atoms with van der Waals surface area (Å²) in [5, 5.41) is 13.4. The summed E-state index contributed by atoms with van der Waals surface area (Å²) in [6.07, 6.45) is 1.74. The zero-order valence-corrected chi connectivity index (χ0v) is 10.4. The molecule has 1 aliphatic heterocycles. The summed E-state index contributed by atoms with van der Waals surface area (Å²) in [6, 6.07) is 1.81. The number of pyridine rings is 1. The Bertz CT molecular complexity index is 622. The van der Waals surface area contributed by atoms with Gasteiger partial charge in [-0.3, -0.25) is 9.78 Å². The molecule has 0 radical (unpaired) electrons. The zero-order chi connectivity index (χ0) is 13.2. The number of aromatic nitrogens is 3. The highest BCUT2D eigenvalue weighted by Crippen LogP contribution is 2.14. The average molecular weight is 259 g/mol. The van der Waals surface area contributed by atoms with Crippen molar-refractivity contribution in [3.8, 4) is 0 Å². The Labute approximate surface area is 109 Å². The summed E-state index contributed by atoms with van der Waals surface area (Å²) in [7, 11) is 0. The number of aryl methyl sites for hydroxylation is 1. The number of rotatable bonds is 3. The number of nitrogens with zero attached hydrogens (tertiary/aromatic N) is 3. The number of hydrogen-bond acceptors (Lipinski definition) is 6. The van der Waals surface area contributed by atoms with E-state index in [9.17, 15) is 4.79 Å². The Hall–Kier alpha value is -2.28. The predicted octanol–water partition coefficient (Wildman–Crippen LogP) is 0.306. The molecule has 0 bridgehead atoms. The van der Waals surface area contributed by atoms with Crippen LogP contribution < -0.4 is 10.6 Å². The first-order valence-electron chi connectivity index (χ1n) is 5.98. The molecule has 1 aliphatic rings. The van der Waals surface area contributed by atoms with Gasteiger partial charge < -0.3 is 15.1 Å². The first kappa shape index (κ1) is 11.8. The van der Waals surface area contributed by atoms with Crippen LogP contribution in [0.5, 0.6) is 0 Å². The molecule has 0 aliphatic carbocycles. The molecule has 3 heterocycles. The lowest BCUT2D eigenvalue weighted by Crippen LogP contribution is -2.24. The van der Waals surface area contributed by atoms with Crippen LogP contribution in [0.4, 0.5) is 0 Å². The van der Waals surface area contributed by atoms with Crippen LogP contribution >= 0.6 is 0 Å². The molecule has 0 fully saturated rings. The maximum Gasteiger partial charge on any atom is 0.270 e. The molecule has 3 rings (SSSR count). The van der Waals surface area contributed by atoms with E-state index in [1.54, 1.807) is 13.1 Å². The van der Waals surface area contributed by atoms with Gasteiger partial charge in [0.05, 0.1) is 6.54 Å². The quantitative estimate of drug-likeness (QED) is 0.823. The number of fused-ring (bicyclic) bond motifs is 1. The number of amides is 1. The van der Waals surface area contributed by atoms with Gasteiger partial charge in [-0.2, -0.15) is 0 Å². The van der Waals surface area contributed by atoms with E-state index >= 15 is 0 Å². The van der Waals surface area contributed by atoms with E-state index in [1.165, 1.54) is 0 Å². The second kappa shape index (κ2) is 4.77. The van der Waals surface area contributed by atoms with Crippen LogP contribution in [0.15, 0.2) is 16.7 Å². The van der Waals surface area contributed by atoms with Gasteiger partial charge in [-0.1, -0.05) is 0 Å². The van der Waals surface area contributed by atoms with Crippen molar-refractivity contribution in [1.29, 1.82) is 0 Å². The SMILES string of the molecule is Cc1nnc(CNC(=O)c2cc3c(cn2)CNC3)o1. The van der Waals surface area contributed by atoms with Crippen molar-refractivity contribution in [3.05, 3.63) is 40.9 Å². The van der Waals surface area contributed by atoms with Crippen molar-refractivity contribution in [3.63, 3.8) is 0 Å². The van der Waals surface area contributed by atoms with Crippen molar-refractivity contribution in [2.75, 3.05) is 0 Å².